The molecular weight excluding hydrogens is 819 g/mol. The van der Waals surface area contributed by atoms with Gasteiger partial charge in [0, 0.05) is 91.9 Å². The van der Waals surface area contributed by atoms with E-state index >= 15 is 0 Å². The monoisotopic (exact) mass is 870 g/mol. The van der Waals surface area contributed by atoms with Gasteiger partial charge in [0.1, 0.15) is 29.6 Å². The van der Waals surface area contributed by atoms with Gasteiger partial charge in [0.15, 0.2) is 11.0 Å². The third kappa shape index (κ3) is 9.98. The summed E-state index contributed by atoms with van der Waals surface area (Å²) in [6.45, 7) is 11.9. The normalized spacial score (nSPS) is 22.5. The Morgan fingerprint density at radius 2 is 1.20 bits per heavy atom. The second kappa shape index (κ2) is 19.5. The van der Waals surface area contributed by atoms with Crippen molar-refractivity contribution >= 4 is 40.5 Å². The predicted octanol–water partition coefficient (Wildman–Crippen LogP) is 5.99. The van der Waals surface area contributed by atoms with Crippen molar-refractivity contribution in [1.29, 1.82) is 0 Å². The first-order valence-electron chi connectivity index (χ1n) is 21.1. The SMILES string of the molecule is CC1CN(Cc2ccc(Cl)cc2)CC1c1nn2c(C3CCOCC3)ncc2c(=O)[nH]1.CC1CNCC1c1nn2c(C3CCOCC3)ncc2c(=O)[nH]1.O=Cc1ccc(Cl)cc1. The Balaban J connectivity index is 0.000000144. The molecule has 4 unspecified atom stereocenters. The van der Waals surface area contributed by atoms with E-state index in [-0.39, 0.29) is 28.9 Å². The first kappa shape index (κ1) is 42.9. The minimum atomic E-state index is -0.117. The highest BCUT2D eigenvalue weighted by molar-refractivity contribution is 6.30. The van der Waals surface area contributed by atoms with Crippen molar-refractivity contribution in [2.24, 2.45) is 11.8 Å². The number of carbonyl (C=O) groups excluding carboxylic acids is 1. The number of aromatic nitrogens is 8. The summed E-state index contributed by atoms with van der Waals surface area (Å²) >= 11 is 11.6. The van der Waals surface area contributed by atoms with Gasteiger partial charge in [0.2, 0.25) is 0 Å². The highest BCUT2D eigenvalue weighted by Gasteiger charge is 2.34. The summed E-state index contributed by atoms with van der Waals surface area (Å²) < 4.78 is 14.4. The number of likely N-dealkylation sites (tertiary alicyclic amines) is 1. The Bertz CT molecular complexity index is 2530. The molecule has 61 heavy (non-hydrogen) atoms. The molecule has 322 valence electrons. The zero-order chi connectivity index (χ0) is 42.5. The van der Waals surface area contributed by atoms with Crippen molar-refractivity contribution in [2.75, 3.05) is 52.6 Å². The van der Waals surface area contributed by atoms with Gasteiger partial charge in [0.25, 0.3) is 11.1 Å². The number of rotatable bonds is 7. The molecule has 0 radical (unpaired) electrons. The van der Waals surface area contributed by atoms with Crippen LogP contribution in [0.1, 0.15) is 102 Å². The Morgan fingerprint density at radius 3 is 1.69 bits per heavy atom. The average Bonchev–Trinajstić information content (AvgIpc) is 4.09. The Morgan fingerprint density at radius 1 is 0.689 bits per heavy atom. The summed E-state index contributed by atoms with van der Waals surface area (Å²) in [7, 11) is 0. The van der Waals surface area contributed by atoms with E-state index in [4.69, 9.17) is 42.9 Å². The van der Waals surface area contributed by atoms with Crippen LogP contribution >= 0.6 is 23.2 Å². The number of carbonyl (C=O) groups is 1. The van der Waals surface area contributed by atoms with Gasteiger partial charge in [-0.25, -0.2) is 19.0 Å². The zero-order valence-corrected chi connectivity index (χ0v) is 35.9. The highest BCUT2D eigenvalue weighted by atomic mass is 35.5. The number of benzene rings is 2. The topological polar surface area (TPSA) is 177 Å². The average molecular weight is 872 g/mol. The zero-order valence-electron chi connectivity index (χ0n) is 34.4. The van der Waals surface area contributed by atoms with Gasteiger partial charge in [-0.1, -0.05) is 61.3 Å². The van der Waals surface area contributed by atoms with Crippen molar-refractivity contribution in [3.8, 4) is 0 Å². The molecule has 0 spiro atoms. The van der Waals surface area contributed by atoms with Crippen molar-refractivity contribution in [1.82, 2.24) is 49.4 Å². The lowest BCUT2D eigenvalue weighted by Crippen LogP contribution is -2.24. The van der Waals surface area contributed by atoms with E-state index in [1.807, 2.05) is 12.1 Å². The number of aromatic amines is 2. The van der Waals surface area contributed by atoms with E-state index in [9.17, 15) is 14.4 Å². The first-order chi connectivity index (χ1) is 29.6. The van der Waals surface area contributed by atoms with Crippen molar-refractivity contribution in [3.63, 3.8) is 0 Å². The number of nitrogens with zero attached hydrogens (tertiary/aromatic N) is 7. The van der Waals surface area contributed by atoms with Crippen LogP contribution < -0.4 is 16.4 Å². The summed E-state index contributed by atoms with van der Waals surface area (Å²) in [5.74, 6) is 5.19. The van der Waals surface area contributed by atoms with Crippen LogP contribution in [0.5, 0.6) is 0 Å². The number of hydrogen-bond donors (Lipinski definition) is 3. The fourth-order valence-electron chi connectivity index (χ4n) is 8.79. The van der Waals surface area contributed by atoms with E-state index < -0.39 is 0 Å². The van der Waals surface area contributed by atoms with Gasteiger partial charge in [-0.3, -0.25) is 19.3 Å². The van der Waals surface area contributed by atoms with Gasteiger partial charge in [0.05, 0.1) is 12.4 Å². The molecule has 4 saturated heterocycles. The van der Waals surface area contributed by atoms with Crippen molar-refractivity contribution < 1.29 is 14.3 Å². The molecule has 4 aliphatic rings. The number of hydrogen-bond acceptors (Lipinski definition) is 11. The van der Waals surface area contributed by atoms with Gasteiger partial charge in [-0.2, -0.15) is 10.2 Å². The van der Waals surface area contributed by atoms with Gasteiger partial charge < -0.3 is 24.8 Å². The number of fused-ring (bicyclic) bond motifs is 2. The predicted molar refractivity (Wildman–Crippen MR) is 233 cm³/mol. The van der Waals surface area contributed by atoms with E-state index in [1.165, 1.54) is 5.56 Å². The molecule has 3 N–H and O–H groups in total. The summed E-state index contributed by atoms with van der Waals surface area (Å²) in [5.41, 5.74) is 2.72. The van der Waals surface area contributed by atoms with E-state index in [0.717, 1.165) is 119 Å². The standard InChI is InChI=1S/C22H26ClN5O2.C15H21N5O2.C7H5ClO/c1-14-11-27(12-15-2-4-17(23)5-3-15)13-18(14)20-25-22(29)19-10-24-21(28(19)26-20)16-6-8-30-9-7-16;1-9-6-16-7-11(9)13-18-15(21)12-8-17-14(20(12)19-13)10-2-4-22-5-3-10;8-7-3-1-6(5-9)2-4-7/h2-5,10,14,16,18H,6-9,11-13H2,1H3,(H,25,26,29);8-11,16H,2-7H2,1H3,(H,18,19,21);1-5H. The van der Waals surface area contributed by atoms with Crippen molar-refractivity contribution in [2.45, 2.75) is 69.7 Å². The lowest BCUT2D eigenvalue weighted by molar-refractivity contribution is 0.0831. The van der Waals surface area contributed by atoms with Crippen LogP contribution in [0, 0.1) is 11.8 Å². The smallest absolute Gasteiger partial charge is 0.276 e. The maximum atomic E-state index is 12.8. The molecule has 17 heteroatoms. The summed E-state index contributed by atoms with van der Waals surface area (Å²) in [4.78, 5) is 52.6. The molecular formula is C44H52Cl2N10O5. The summed E-state index contributed by atoms with van der Waals surface area (Å²) in [6, 6.07) is 14.7. The Hall–Kier alpha value is -4.77. The second-order valence-corrected chi connectivity index (χ2v) is 17.5. The molecule has 4 aliphatic heterocycles. The second-order valence-electron chi connectivity index (χ2n) is 16.6. The maximum Gasteiger partial charge on any atom is 0.276 e. The quantitative estimate of drug-likeness (QED) is 0.161. The first-order valence-corrected chi connectivity index (χ1v) is 21.9. The van der Waals surface area contributed by atoms with E-state index in [2.05, 4.69) is 56.1 Å². The van der Waals surface area contributed by atoms with Crippen molar-refractivity contribution in [3.05, 3.63) is 126 Å². The third-order valence-electron chi connectivity index (χ3n) is 12.3. The van der Waals surface area contributed by atoms with Gasteiger partial charge in [-0.15, -0.1) is 0 Å². The van der Waals surface area contributed by atoms with Crippen LogP contribution in [-0.4, -0.2) is 103 Å². The fraction of sp³-hybridized carbons (Fsp3) is 0.477. The van der Waals surface area contributed by atoms with Gasteiger partial charge in [-0.05, 0) is 73.9 Å². The molecule has 0 saturated carbocycles. The number of H-pyrrole nitrogens is 2. The van der Waals surface area contributed by atoms with Crippen LogP contribution in [0.3, 0.4) is 0 Å². The van der Waals surface area contributed by atoms with E-state index in [1.54, 1.807) is 45.7 Å². The molecule has 2 aromatic carbocycles. The lowest BCUT2D eigenvalue weighted by atomic mass is 9.97. The van der Waals surface area contributed by atoms with E-state index in [0.29, 0.717) is 39.4 Å². The number of imidazole rings is 2. The number of ether oxygens (including phenoxy) is 2. The maximum absolute atomic E-state index is 12.8. The fourth-order valence-corrected chi connectivity index (χ4v) is 9.04. The number of nitrogens with one attached hydrogen (secondary N) is 3. The molecule has 4 atom stereocenters. The molecule has 8 heterocycles. The molecule has 0 aliphatic carbocycles. The van der Waals surface area contributed by atoms with Crippen LogP contribution in [0.2, 0.25) is 10.0 Å². The van der Waals surface area contributed by atoms with Crippen LogP contribution in [0.4, 0.5) is 0 Å². The largest absolute Gasteiger partial charge is 0.381 e. The number of aldehydes is 1. The van der Waals surface area contributed by atoms with Crippen LogP contribution in [-0.2, 0) is 16.0 Å². The minimum Gasteiger partial charge on any atom is -0.381 e. The molecule has 10 rings (SSSR count). The lowest BCUT2D eigenvalue weighted by Gasteiger charge is -2.21. The highest BCUT2D eigenvalue weighted by Crippen LogP contribution is 2.32. The minimum absolute atomic E-state index is 0.102. The van der Waals surface area contributed by atoms with Gasteiger partial charge >= 0.3 is 0 Å². The third-order valence-corrected chi connectivity index (χ3v) is 12.8. The molecule has 0 bridgehead atoms. The van der Waals surface area contributed by atoms with Crippen LogP contribution in [0.15, 0.2) is 70.5 Å². The Kier molecular flexibility index (Phi) is 13.7. The molecule has 15 nitrogen and oxygen atoms in total. The van der Waals surface area contributed by atoms with Crippen LogP contribution in [0.25, 0.3) is 11.0 Å². The summed E-state index contributed by atoms with van der Waals surface area (Å²) in [6.07, 6.45) is 7.77. The molecule has 6 aromatic rings. The Labute approximate surface area is 363 Å². The number of halogens is 2. The molecule has 4 aromatic heterocycles. The molecule has 0 amide bonds. The summed E-state index contributed by atoms with van der Waals surface area (Å²) in [5, 5.41) is 14.4. The molecule has 4 fully saturated rings.